The lowest BCUT2D eigenvalue weighted by atomic mass is 9.18. The van der Waals surface area contributed by atoms with Crippen molar-refractivity contribution in [2.45, 2.75) is 91.6 Å². The topological polar surface area (TPSA) is 13.0 Å². The Labute approximate surface area is 175 Å². The van der Waals surface area contributed by atoms with E-state index < -0.39 is 12.3 Å². The predicted octanol–water partition coefficient (Wildman–Crippen LogP) is 5.17. The molecule has 0 bridgehead atoms. The fraction of sp³-hybridized carbons (Fsp3) is 0.818. The molecule has 2 aliphatic heterocycles. The van der Waals surface area contributed by atoms with Crippen LogP contribution in [0.15, 0.2) is 24.8 Å². The van der Waals surface area contributed by atoms with Crippen LogP contribution in [-0.4, -0.2) is 71.2 Å². The average Bonchev–Trinajstić information content (AvgIpc) is 3.28. The van der Waals surface area contributed by atoms with Crippen molar-refractivity contribution in [1.82, 2.24) is 19.6 Å². The van der Waals surface area contributed by atoms with E-state index in [1.165, 1.54) is 37.9 Å². The van der Waals surface area contributed by atoms with Gasteiger partial charge in [-0.2, -0.15) is 37.9 Å². The Hall–Kier alpha value is -1.19. The van der Waals surface area contributed by atoms with Crippen LogP contribution in [0.4, 0.5) is 0 Å². The van der Waals surface area contributed by atoms with Gasteiger partial charge in [0.1, 0.15) is 0 Å². The quantitative estimate of drug-likeness (QED) is 0.453. The first-order valence-corrected chi connectivity index (χ1v) is 12.1. The minimum Gasteiger partial charge on any atom is -0.394 e. The summed E-state index contributed by atoms with van der Waals surface area (Å²) in [4.78, 5) is 10.2. The summed E-state index contributed by atoms with van der Waals surface area (Å²) in [6.07, 6.45) is 16.3. The lowest BCUT2D eigenvalue weighted by Gasteiger charge is -2.53. The molecule has 2 aliphatic rings. The predicted molar refractivity (Wildman–Crippen MR) is 129 cm³/mol. The van der Waals surface area contributed by atoms with Gasteiger partial charge in [-0.1, -0.05) is 41.5 Å². The third-order valence-electron chi connectivity index (χ3n) is 9.26. The molecule has 0 aromatic heterocycles. The van der Waals surface area contributed by atoms with E-state index >= 15 is 0 Å². The molecule has 2 heterocycles. The molecule has 0 aliphatic carbocycles. The van der Waals surface area contributed by atoms with Gasteiger partial charge in [0.2, 0.25) is 0 Å². The van der Waals surface area contributed by atoms with Crippen LogP contribution in [-0.2, 0) is 0 Å². The maximum Gasteiger partial charge on any atom is 0.0457 e. The molecule has 2 unspecified atom stereocenters. The molecule has 6 heteroatoms. The third-order valence-corrected chi connectivity index (χ3v) is 9.26. The number of hydrogen-bond donors (Lipinski definition) is 0. The lowest BCUT2D eigenvalue weighted by molar-refractivity contribution is 0.188. The summed E-state index contributed by atoms with van der Waals surface area (Å²) < 4.78 is 0. The van der Waals surface area contributed by atoms with Gasteiger partial charge in [-0.05, 0) is 12.1 Å². The van der Waals surface area contributed by atoms with E-state index in [0.717, 1.165) is 13.1 Å². The smallest absolute Gasteiger partial charge is 0.0457 e. The number of rotatable bonds is 11. The second-order valence-corrected chi connectivity index (χ2v) is 9.83. The molecular formula is C22H46B2N4-2. The third kappa shape index (κ3) is 3.93. The summed E-state index contributed by atoms with van der Waals surface area (Å²) in [5.41, 5.74) is 0. The molecule has 0 aromatic rings. The molecule has 0 amide bonds. The lowest BCUT2D eigenvalue weighted by Crippen LogP contribution is -2.61. The molecule has 0 N–H and O–H groups in total. The van der Waals surface area contributed by atoms with Gasteiger partial charge in [-0.3, -0.25) is 0 Å². The minimum atomic E-state index is -0.400. The van der Waals surface area contributed by atoms with Crippen molar-refractivity contribution in [3.8, 4) is 0 Å². The van der Waals surface area contributed by atoms with Crippen LogP contribution in [0.2, 0.25) is 37.9 Å². The Kier molecular flexibility index (Phi) is 7.87. The first kappa shape index (κ1) is 23.1. The van der Waals surface area contributed by atoms with E-state index in [9.17, 15) is 0 Å². The van der Waals surface area contributed by atoms with E-state index in [2.05, 4.69) is 100 Å². The molecule has 162 valence electrons. The van der Waals surface area contributed by atoms with Gasteiger partial charge >= 0.3 is 0 Å². The van der Waals surface area contributed by atoms with Crippen LogP contribution >= 0.6 is 0 Å². The van der Waals surface area contributed by atoms with Gasteiger partial charge in [-0.25, -0.2) is 0 Å². The second-order valence-electron chi connectivity index (χ2n) is 9.83. The van der Waals surface area contributed by atoms with Crippen molar-refractivity contribution in [2.75, 3.05) is 27.2 Å². The van der Waals surface area contributed by atoms with Gasteiger partial charge in [0.25, 0.3) is 0 Å². The van der Waals surface area contributed by atoms with Gasteiger partial charge in [-0.15, -0.1) is 0 Å². The molecule has 0 saturated heterocycles. The highest BCUT2D eigenvalue weighted by Crippen LogP contribution is 2.34. The zero-order chi connectivity index (χ0) is 20.9. The zero-order valence-corrected chi connectivity index (χ0v) is 20.1. The molecule has 2 rings (SSSR count). The second kappa shape index (κ2) is 9.54. The maximum absolute atomic E-state index is 2.64. The maximum atomic E-state index is 2.64. The van der Waals surface area contributed by atoms with Crippen molar-refractivity contribution < 1.29 is 0 Å². The molecule has 0 spiro atoms. The largest absolute Gasteiger partial charge is 0.394 e. The Bertz CT molecular complexity index is 478. The Morgan fingerprint density at radius 1 is 0.536 bits per heavy atom. The zero-order valence-electron chi connectivity index (χ0n) is 20.1. The van der Waals surface area contributed by atoms with E-state index in [1.54, 1.807) is 0 Å². The van der Waals surface area contributed by atoms with Crippen molar-refractivity contribution in [1.29, 1.82) is 0 Å². The molecular weight excluding hydrogens is 342 g/mol. The van der Waals surface area contributed by atoms with E-state index in [4.69, 9.17) is 0 Å². The van der Waals surface area contributed by atoms with Crippen LogP contribution in [0.5, 0.6) is 0 Å². The van der Waals surface area contributed by atoms with E-state index in [1.807, 2.05) is 0 Å². The van der Waals surface area contributed by atoms with Crippen molar-refractivity contribution in [2.24, 2.45) is 0 Å². The molecule has 0 fully saturated rings. The summed E-state index contributed by atoms with van der Waals surface area (Å²) in [6, 6.07) is 1.09. The van der Waals surface area contributed by atoms with Crippen molar-refractivity contribution in [3.63, 3.8) is 0 Å². The first-order valence-electron chi connectivity index (χ1n) is 12.1. The Balaban J connectivity index is 2.15. The van der Waals surface area contributed by atoms with E-state index in [0.29, 0.717) is 12.1 Å². The number of hydrogen-bond acceptors (Lipinski definition) is 4. The molecule has 0 radical (unpaired) electrons. The monoisotopic (exact) mass is 388 g/mol. The minimum absolute atomic E-state index is 0.400. The van der Waals surface area contributed by atoms with Crippen LogP contribution < -0.4 is 0 Å². The SMILES string of the molecule is CC[B-](CC)(CC)C1N(C)C=CN1CCN1C=CN(C)C1[B-](CC)(CC)CC. The van der Waals surface area contributed by atoms with Crippen molar-refractivity contribution in [3.05, 3.63) is 24.8 Å². The summed E-state index contributed by atoms with van der Waals surface area (Å²) in [5, 5.41) is 0. The first-order chi connectivity index (χ1) is 13.4. The van der Waals surface area contributed by atoms with Gasteiger partial charge in [0.05, 0.1) is 0 Å². The van der Waals surface area contributed by atoms with Gasteiger partial charge in [0.15, 0.2) is 0 Å². The summed E-state index contributed by atoms with van der Waals surface area (Å²) in [7, 11) is 4.54. The fourth-order valence-corrected chi connectivity index (χ4v) is 6.65. The average molecular weight is 388 g/mol. The molecule has 0 saturated carbocycles. The normalized spacial score (nSPS) is 22.9. The summed E-state index contributed by atoms with van der Waals surface area (Å²) >= 11 is 0. The Morgan fingerprint density at radius 2 is 0.821 bits per heavy atom. The number of nitrogens with zero attached hydrogens (tertiary/aromatic N) is 4. The van der Waals surface area contributed by atoms with Crippen LogP contribution in [0.3, 0.4) is 0 Å². The highest BCUT2D eigenvalue weighted by molar-refractivity contribution is 6.81. The van der Waals surface area contributed by atoms with Gasteiger partial charge < -0.3 is 19.6 Å². The molecule has 2 atom stereocenters. The van der Waals surface area contributed by atoms with E-state index in [-0.39, 0.29) is 0 Å². The van der Waals surface area contributed by atoms with Gasteiger partial charge in [0, 0.05) is 64.3 Å². The highest BCUT2D eigenvalue weighted by atomic mass is 15.4. The van der Waals surface area contributed by atoms with Crippen LogP contribution in [0.1, 0.15) is 41.5 Å². The Morgan fingerprint density at radius 3 is 1.07 bits per heavy atom. The summed E-state index contributed by atoms with van der Waals surface area (Å²) in [5.74, 6) is 0. The van der Waals surface area contributed by atoms with Crippen LogP contribution in [0, 0.1) is 0 Å². The highest BCUT2D eigenvalue weighted by Gasteiger charge is 2.38. The molecule has 0 aromatic carbocycles. The van der Waals surface area contributed by atoms with Crippen LogP contribution in [0.25, 0.3) is 0 Å². The molecule has 28 heavy (non-hydrogen) atoms. The summed E-state index contributed by atoms with van der Waals surface area (Å²) in [6.45, 7) is 16.6. The van der Waals surface area contributed by atoms with Crippen molar-refractivity contribution >= 4 is 12.3 Å². The fourth-order valence-electron chi connectivity index (χ4n) is 6.65. The standard InChI is InChI=1S/C22H46B2N4/c1-9-23(10-2,11-3)21-25(7)15-17-27(21)19-20-28-18-16-26(8)22(28)24(12-4,13-5)14-6/h15-18,21-22H,9-14,19-20H2,1-8H3/q-2. The molecule has 4 nitrogen and oxygen atoms in total.